The van der Waals surface area contributed by atoms with Gasteiger partial charge in [-0.15, -0.1) is 0 Å². The van der Waals surface area contributed by atoms with E-state index in [1.54, 1.807) is 7.11 Å². The van der Waals surface area contributed by atoms with Gasteiger partial charge in [0.15, 0.2) is 0 Å². The number of ether oxygens (including phenoxy) is 1. The number of methoxy groups -OCH3 is 1. The quantitative estimate of drug-likeness (QED) is 0.799. The van der Waals surface area contributed by atoms with Crippen LogP contribution < -0.4 is 5.73 Å². The summed E-state index contributed by atoms with van der Waals surface area (Å²) in [4.78, 5) is 2.40. The van der Waals surface area contributed by atoms with Crippen LogP contribution in [0, 0.1) is 5.92 Å². The van der Waals surface area contributed by atoms with Crippen LogP contribution in [-0.2, 0) is 11.2 Å². The van der Waals surface area contributed by atoms with Crippen LogP contribution in [0.15, 0.2) is 30.3 Å². The van der Waals surface area contributed by atoms with Gasteiger partial charge in [-0.1, -0.05) is 30.3 Å². The number of hydrogen-bond acceptors (Lipinski definition) is 3. The molecule has 1 saturated heterocycles. The summed E-state index contributed by atoms with van der Waals surface area (Å²) in [5, 5.41) is 0. The van der Waals surface area contributed by atoms with Gasteiger partial charge >= 0.3 is 0 Å². The Hall–Kier alpha value is -0.900. The fourth-order valence-electron chi connectivity index (χ4n) is 2.95. The molecule has 3 heteroatoms. The Morgan fingerprint density at radius 1 is 1.32 bits per heavy atom. The first-order chi connectivity index (χ1) is 9.29. The van der Waals surface area contributed by atoms with E-state index in [-0.39, 0.29) is 6.17 Å². The van der Waals surface area contributed by atoms with Crippen LogP contribution >= 0.6 is 0 Å². The lowest BCUT2D eigenvalue weighted by Crippen LogP contribution is -2.48. The summed E-state index contributed by atoms with van der Waals surface area (Å²) in [5.41, 5.74) is 7.73. The van der Waals surface area contributed by atoms with Crippen LogP contribution in [0.5, 0.6) is 0 Å². The van der Waals surface area contributed by atoms with E-state index in [2.05, 4.69) is 35.2 Å². The molecule has 2 N–H and O–H groups in total. The van der Waals surface area contributed by atoms with Gasteiger partial charge < -0.3 is 10.5 Å². The summed E-state index contributed by atoms with van der Waals surface area (Å²) in [6.07, 6.45) is 4.84. The van der Waals surface area contributed by atoms with Gasteiger partial charge in [0.1, 0.15) is 0 Å². The zero-order valence-electron chi connectivity index (χ0n) is 11.9. The highest BCUT2D eigenvalue weighted by molar-refractivity contribution is 5.15. The first-order valence-corrected chi connectivity index (χ1v) is 7.32. The van der Waals surface area contributed by atoms with Gasteiger partial charge in [0.25, 0.3) is 0 Å². The molecular formula is C16H26N2O. The van der Waals surface area contributed by atoms with Gasteiger partial charge in [-0.25, -0.2) is 0 Å². The van der Waals surface area contributed by atoms with E-state index >= 15 is 0 Å². The van der Waals surface area contributed by atoms with Gasteiger partial charge in [-0.3, -0.25) is 4.90 Å². The topological polar surface area (TPSA) is 38.5 Å². The molecule has 0 bridgehead atoms. The highest BCUT2D eigenvalue weighted by atomic mass is 16.5. The maximum absolute atomic E-state index is 6.29. The molecule has 1 aliphatic heterocycles. The summed E-state index contributed by atoms with van der Waals surface area (Å²) >= 11 is 0. The molecule has 0 spiro atoms. The largest absolute Gasteiger partial charge is 0.385 e. The van der Waals surface area contributed by atoms with Crippen molar-refractivity contribution in [2.75, 3.05) is 26.8 Å². The third-order valence-electron chi connectivity index (χ3n) is 4.03. The summed E-state index contributed by atoms with van der Waals surface area (Å²) in [7, 11) is 1.76. The third kappa shape index (κ3) is 4.60. The Morgan fingerprint density at radius 3 is 2.79 bits per heavy atom. The van der Waals surface area contributed by atoms with Crippen LogP contribution in [0.3, 0.4) is 0 Å². The number of nitrogens with two attached hydrogens (primary N) is 1. The highest BCUT2D eigenvalue weighted by Crippen LogP contribution is 2.24. The van der Waals surface area contributed by atoms with E-state index in [0.717, 1.165) is 38.5 Å². The molecule has 2 rings (SSSR count). The Labute approximate surface area is 116 Å². The number of hydrogen-bond donors (Lipinski definition) is 1. The van der Waals surface area contributed by atoms with Crippen molar-refractivity contribution < 1.29 is 4.74 Å². The Bertz CT molecular complexity index is 355. The second-order valence-corrected chi connectivity index (χ2v) is 5.53. The Balaban J connectivity index is 1.76. The number of nitrogens with zero attached hydrogens (tertiary/aromatic N) is 1. The standard InChI is InChI=1S/C16H26N2O/c1-19-11-5-9-18-10-8-15(13-16(18)17)12-14-6-3-2-4-7-14/h2-4,6-7,15-16H,5,8-13,17H2,1H3. The highest BCUT2D eigenvalue weighted by Gasteiger charge is 2.25. The molecule has 1 aromatic carbocycles. The molecule has 0 amide bonds. The van der Waals surface area contributed by atoms with Crippen LogP contribution in [0.4, 0.5) is 0 Å². The predicted octanol–water partition coefficient (Wildman–Crippen LogP) is 2.26. The second-order valence-electron chi connectivity index (χ2n) is 5.53. The summed E-state index contributed by atoms with van der Waals surface area (Å²) in [6.45, 7) is 3.02. The second kappa shape index (κ2) is 7.63. The molecule has 106 valence electrons. The van der Waals surface area contributed by atoms with E-state index in [1.165, 1.54) is 18.4 Å². The summed E-state index contributed by atoms with van der Waals surface area (Å²) in [6, 6.07) is 10.8. The molecule has 1 heterocycles. The minimum absolute atomic E-state index is 0.222. The average Bonchev–Trinajstić information content (AvgIpc) is 2.43. The minimum atomic E-state index is 0.222. The maximum Gasteiger partial charge on any atom is 0.0574 e. The zero-order chi connectivity index (χ0) is 13.5. The van der Waals surface area contributed by atoms with Crippen molar-refractivity contribution in [3.05, 3.63) is 35.9 Å². The van der Waals surface area contributed by atoms with E-state index in [9.17, 15) is 0 Å². The average molecular weight is 262 g/mol. The fourth-order valence-corrected chi connectivity index (χ4v) is 2.95. The summed E-state index contributed by atoms with van der Waals surface area (Å²) < 4.78 is 5.10. The fraction of sp³-hybridized carbons (Fsp3) is 0.625. The first kappa shape index (κ1) is 14.5. The third-order valence-corrected chi connectivity index (χ3v) is 4.03. The van der Waals surface area contributed by atoms with E-state index in [0.29, 0.717) is 0 Å². The van der Waals surface area contributed by atoms with Crippen LogP contribution in [0.1, 0.15) is 24.8 Å². The molecule has 0 saturated carbocycles. The van der Waals surface area contributed by atoms with Crippen molar-refractivity contribution in [1.82, 2.24) is 4.90 Å². The molecule has 1 fully saturated rings. The Morgan fingerprint density at radius 2 is 2.11 bits per heavy atom. The van der Waals surface area contributed by atoms with Gasteiger partial charge in [0.2, 0.25) is 0 Å². The van der Waals surface area contributed by atoms with Crippen molar-refractivity contribution in [2.24, 2.45) is 11.7 Å². The van der Waals surface area contributed by atoms with Crippen molar-refractivity contribution in [3.63, 3.8) is 0 Å². The van der Waals surface area contributed by atoms with Crippen LogP contribution in [0.2, 0.25) is 0 Å². The number of benzene rings is 1. The zero-order valence-corrected chi connectivity index (χ0v) is 11.9. The monoisotopic (exact) mass is 262 g/mol. The maximum atomic E-state index is 6.29. The number of piperidine rings is 1. The molecular weight excluding hydrogens is 236 g/mol. The first-order valence-electron chi connectivity index (χ1n) is 7.32. The van der Waals surface area contributed by atoms with Crippen molar-refractivity contribution in [2.45, 2.75) is 31.8 Å². The van der Waals surface area contributed by atoms with Crippen LogP contribution in [0.25, 0.3) is 0 Å². The minimum Gasteiger partial charge on any atom is -0.385 e. The van der Waals surface area contributed by atoms with E-state index in [1.807, 2.05) is 0 Å². The molecule has 1 aromatic rings. The molecule has 2 atom stereocenters. The van der Waals surface area contributed by atoms with Gasteiger partial charge in [-0.05, 0) is 43.7 Å². The molecule has 0 aromatic heterocycles. The van der Waals surface area contributed by atoms with E-state index < -0.39 is 0 Å². The molecule has 3 nitrogen and oxygen atoms in total. The normalized spacial score (nSPS) is 24.5. The molecule has 19 heavy (non-hydrogen) atoms. The molecule has 0 radical (unpaired) electrons. The SMILES string of the molecule is COCCCN1CCC(Cc2ccccc2)CC1N. The van der Waals surface area contributed by atoms with Crippen molar-refractivity contribution in [3.8, 4) is 0 Å². The van der Waals surface area contributed by atoms with Gasteiger partial charge in [-0.2, -0.15) is 0 Å². The lowest BCUT2D eigenvalue weighted by Gasteiger charge is -2.37. The lowest BCUT2D eigenvalue weighted by atomic mass is 9.88. The van der Waals surface area contributed by atoms with E-state index in [4.69, 9.17) is 10.5 Å². The molecule has 0 aliphatic carbocycles. The lowest BCUT2D eigenvalue weighted by molar-refractivity contribution is 0.0992. The molecule has 2 unspecified atom stereocenters. The smallest absolute Gasteiger partial charge is 0.0574 e. The summed E-state index contributed by atoms with van der Waals surface area (Å²) in [5.74, 6) is 0.732. The number of rotatable bonds is 6. The van der Waals surface area contributed by atoms with Crippen molar-refractivity contribution >= 4 is 0 Å². The number of likely N-dealkylation sites (tertiary alicyclic amines) is 1. The van der Waals surface area contributed by atoms with Gasteiger partial charge in [0.05, 0.1) is 6.17 Å². The predicted molar refractivity (Wildman–Crippen MR) is 78.9 cm³/mol. The molecule has 1 aliphatic rings. The van der Waals surface area contributed by atoms with Crippen molar-refractivity contribution in [1.29, 1.82) is 0 Å². The Kier molecular flexibility index (Phi) is 5.83. The van der Waals surface area contributed by atoms with Gasteiger partial charge in [0, 0.05) is 20.3 Å². The van der Waals surface area contributed by atoms with Crippen LogP contribution in [-0.4, -0.2) is 37.9 Å².